The molecule has 6 rings (SSSR count). The number of amides is 1. The second kappa shape index (κ2) is 10.7. The number of methoxy groups -OCH3 is 1. The van der Waals surface area contributed by atoms with E-state index in [4.69, 9.17) is 4.74 Å². The van der Waals surface area contributed by atoms with Crippen LogP contribution in [-0.4, -0.2) is 53.8 Å². The highest BCUT2D eigenvalue weighted by atomic mass is 19.2. The Bertz CT molecular complexity index is 1870. The number of carbonyl (C=O) groups is 2. The molecule has 4 aromatic rings. The van der Waals surface area contributed by atoms with Gasteiger partial charge in [-0.05, 0) is 56.0 Å². The van der Waals surface area contributed by atoms with Crippen molar-refractivity contribution >= 4 is 29.0 Å². The van der Waals surface area contributed by atoms with Gasteiger partial charge in [0, 0.05) is 24.5 Å². The van der Waals surface area contributed by atoms with Crippen LogP contribution in [0.15, 0.2) is 58.5 Å². The Kier molecular flexibility index (Phi) is 6.88. The zero-order valence-electron chi connectivity index (χ0n) is 22.4. The monoisotopic (exact) mass is 577 g/mol. The van der Waals surface area contributed by atoms with Gasteiger partial charge in [0.25, 0.3) is 11.5 Å². The summed E-state index contributed by atoms with van der Waals surface area (Å²) in [5, 5.41) is 3.32. The van der Waals surface area contributed by atoms with E-state index in [0.717, 1.165) is 16.8 Å². The molecule has 1 saturated carbocycles. The molecule has 1 amide bonds. The Morgan fingerprint density at radius 2 is 1.90 bits per heavy atom. The molecule has 1 fully saturated rings. The summed E-state index contributed by atoms with van der Waals surface area (Å²) in [6, 6.07) is 6.37. The van der Waals surface area contributed by atoms with Crippen molar-refractivity contribution in [1.29, 1.82) is 0 Å². The number of imidazole rings is 1. The van der Waals surface area contributed by atoms with Crippen LogP contribution in [0.3, 0.4) is 0 Å². The quantitative estimate of drug-likeness (QED) is 0.283. The van der Waals surface area contributed by atoms with E-state index in [2.05, 4.69) is 15.3 Å². The first-order chi connectivity index (χ1) is 20.2. The lowest BCUT2D eigenvalue weighted by atomic mass is 9.90. The molecule has 3 aromatic heterocycles. The summed E-state index contributed by atoms with van der Waals surface area (Å²) in [7, 11) is 1.24. The van der Waals surface area contributed by atoms with Gasteiger partial charge in [-0.25, -0.2) is 28.5 Å². The van der Waals surface area contributed by atoms with Gasteiger partial charge in [0.2, 0.25) is 0 Å². The van der Waals surface area contributed by atoms with Gasteiger partial charge in [-0.1, -0.05) is 10.5 Å². The normalized spacial score (nSPS) is 18.1. The van der Waals surface area contributed by atoms with Gasteiger partial charge in [-0.2, -0.15) is 5.12 Å². The number of halogens is 2. The van der Waals surface area contributed by atoms with Gasteiger partial charge < -0.3 is 14.6 Å². The van der Waals surface area contributed by atoms with Gasteiger partial charge in [-0.15, -0.1) is 0 Å². The Labute approximate surface area is 236 Å². The minimum atomic E-state index is -0.734. The molecule has 0 saturated heterocycles. The maximum Gasteiger partial charge on any atom is 0.337 e. The number of fused-ring (bicyclic) bond motifs is 2. The Morgan fingerprint density at radius 1 is 1.12 bits per heavy atom. The second-order valence-electron chi connectivity index (χ2n) is 10.1. The maximum atomic E-state index is 14.2. The fraction of sp³-hybridized carbons (Fsp3) is 0.286. The number of hydrogen-bond donors (Lipinski definition) is 1. The lowest BCUT2D eigenvalue weighted by Crippen LogP contribution is -2.45. The summed E-state index contributed by atoms with van der Waals surface area (Å²) < 4.78 is 36.3. The standard InChI is InChI=1S/C28H25F2N7O5/c1-42-27(40)16-3-2-4-20(11-16)36-24-21(12-17(29)13-31-24)26(39)37(28(36)41)19-7-5-18(6-8-19)32-25(38)22-14-34-15-35(30)10-9-23(34)33-22/h2-4,9-14,18-19H,5-8,15H2,1H3,(H,32,38). The van der Waals surface area contributed by atoms with Crippen LogP contribution in [0, 0.1) is 5.82 Å². The first-order valence-electron chi connectivity index (χ1n) is 13.2. The molecule has 0 radical (unpaired) electrons. The van der Waals surface area contributed by atoms with E-state index >= 15 is 0 Å². The molecular formula is C28H25F2N7O5. The van der Waals surface area contributed by atoms with Crippen LogP contribution in [0.25, 0.3) is 22.8 Å². The molecule has 216 valence electrons. The highest BCUT2D eigenvalue weighted by Crippen LogP contribution is 2.28. The van der Waals surface area contributed by atoms with Crippen LogP contribution in [0.1, 0.15) is 58.4 Å². The Morgan fingerprint density at radius 3 is 2.67 bits per heavy atom. The number of benzene rings is 1. The molecule has 2 aliphatic rings. The van der Waals surface area contributed by atoms with E-state index in [0.29, 0.717) is 36.6 Å². The van der Waals surface area contributed by atoms with Crippen molar-refractivity contribution in [3.8, 4) is 5.69 Å². The molecule has 1 aliphatic carbocycles. The second-order valence-corrected chi connectivity index (χ2v) is 10.1. The van der Waals surface area contributed by atoms with E-state index in [1.165, 1.54) is 46.8 Å². The summed E-state index contributed by atoms with van der Waals surface area (Å²) in [5.74, 6) is -1.29. The van der Waals surface area contributed by atoms with Gasteiger partial charge in [0.05, 0.1) is 29.9 Å². The minimum absolute atomic E-state index is 0.0425. The minimum Gasteiger partial charge on any atom is -0.465 e. The number of esters is 1. The van der Waals surface area contributed by atoms with E-state index in [1.54, 1.807) is 12.1 Å². The summed E-state index contributed by atoms with van der Waals surface area (Å²) in [5.41, 5.74) is -0.797. The van der Waals surface area contributed by atoms with Crippen molar-refractivity contribution in [2.45, 2.75) is 44.4 Å². The molecule has 0 unspecified atom stereocenters. The summed E-state index contributed by atoms with van der Waals surface area (Å²) in [6.45, 7) is -0.0678. The third kappa shape index (κ3) is 4.84. The van der Waals surface area contributed by atoms with E-state index in [-0.39, 0.29) is 40.7 Å². The van der Waals surface area contributed by atoms with Crippen molar-refractivity contribution in [3.05, 3.63) is 92.7 Å². The number of ether oxygens (including phenoxy) is 1. The number of rotatable bonds is 5. The molecule has 0 bridgehead atoms. The molecule has 1 aromatic carbocycles. The van der Waals surface area contributed by atoms with Gasteiger partial charge in [0.1, 0.15) is 24.0 Å². The summed E-state index contributed by atoms with van der Waals surface area (Å²) in [6.07, 6.45) is 6.79. The molecule has 14 heteroatoms. The number of pyridine rings is 1. The van der Waals surface area contributed by atoms with Gasteiger partial charge >= 0.3 is 11.7 Å². The average molecular weight is 578 g/mol. The largest absolute Gasteiger partial charge is 0.465 e. The fourth-order valence-corrected chi connectivity index (χ4v) is 5.49. The van der Waals surface area contributed by atoms with Crippen molar-refractivity contribution in [2.24, 2.45) is 0 Å². The van der Waals surface area contributed by atoms with Crippen LogP contribution >= 0.6 is 0 Å². The third-order valence-corrected chi connectivity index (χ3v) is 7.53. The third-order valence-electron chi connectivity index (χ3n) is 7.53. The predicted molar refractivity (Wildman–Crippen MR) is 146 cm³/mol. The topological polar surface area (TPSA) is 133 Å². The van der Waals surface area contributed by atoms with Crippen molar-refractivity contribution < 1.29 is 23.2 Å². The highest BCUT2D eigenvalue weighted by molar-refractivity contribution is 5.92. The lowest BCUT2D eigenvalue weighted by Gasteiger charge is -2.30. The van der Waals surface area contributed by atoms with Crippen LogP contribution in [0.5, 0.6) is 0 Å². The molecule has 0 atom stereocenters. The number of aromatic nitrogens is 5. The number of nitrogens with one attached hydrogen (secondary N) is 1. The smallest absolute Gasteiger partial charge is 0.337 e. The lowest BCUT2D eigenvalue weighted by molar-refractivity contribution is 0.0492. The summed E-state index contributed by atoms with van der Waals surface area (Å²) >= 11 is 0. The predicted octanol–water partition coefficient (Wildman–Crippen LogP) is 2.71. The van der Waals surface area contributed by atoms with E-state index in [1.807, 2.05) is 0 Å². The zero-order valence-corrected chi connectivity index (χ0v) is 22.4. The van der Waals surface area contributed by atoms with Crippen LogP contribution in [-0.2, 0) is 11.4 Å². The molecule has 42 heavy (non-hydrogen) atoms. The van der Waals surface area contributed by atoms with Crippen LogP contribution < -0.4 is 16.6 Å². The van der Waals surface area contributed by atoms with Crippen LogP contribution in [0.4, 0.5) is 8.87 Å². The molecule has 1 aliphatic heterocycles. The molecule has 0 spiro atoms. The first-order valence-corrected chi connectivity index (χ1v) is 13.2. The summed E-state index contributed by atoms with van der Waals surface area (Å²) in [4.78, 5) is 60.7. The molecular weight excluding hydrogens is 552 g/mol. The van der Waals surface area contributed by atoms with Gasteiger partial charge in [0.15, 0.2) is 5.65 Å². The maximum absolute atomic E-state index is 14.2. The molecule has 4 heterocycles. The molecule has 12 nitrogen and oxygen atoms in total. The molecule has 1 N–H and O–H groups in total. The fourth-order valence-electron chi connectivity index (χ4n) is 5.49. The SMILES string of the molecule is COC(=O)c1cccc(-n2c(=O)n(C3CCC(NC(=O)c4cn5c(n4)C=CN(F)C5)CC3)c(=O)c3cc(F)cnc32)c1. The number of nitrogens with zero attached hydrogens (tertiary/aromatic N) is 6. The van der Waals surface area contributed by atoms with Crippen molar-refractivity contribution in [3.63, 3.8) is 0 Å². The van der Waals surface area contributed by atoms with Crippen molar-refractivity contribution in [1.82, 2.24) is 34.1 Å². The van der Waals surface area contributed by atoms with Gasteiger partial charge in [-0.3, -0.25) is 14.2 Å². The number of hydrogen-bond acceptors (Lipinski definition) is 8. The first kappa shape index (κ1) is 27.1. The number of carbonyl (C=O) groups excluding carboxylic acids is 2. The average Bonchev–Trinajstić information content (AvgIpc) is 3.42. The van der Waals surface area contributed by atoms with Crippen LogP contribution in [0.2, 0.25) is 0 Å². The highest BCUT2D eigenvalue weighted by Gasteiger charge is 2.29. The Balaban J connectivity index is 1.28. The Hall–Kier alpha value is -5.14. The zero-order chi connectivity index (χ0) is 29.5. The van der Waals surface area contributed by atoms with E-state index in [9.17, 15) is 28.0 Å². The van der Waals surface area contributed by atoms with E-state index < -0.39 is 35.0 Å². The van der Waals surface area contributed by atoms with Crippen molar-refractivity contribution in [2.75, 3.05) is 7.11 Å².